The summed E-state index contributed by atoms with van der Waals surface area (Å²) < 4.78 is 7.30. The number of benzene rings is 1. The van der Waals surface area contributed by atoms with Gasteiger partial charge in [-0.25, -0.2) is 0 Å². The Balaban J connectivity index is 1.54. The molecule has 184 valence electrons. The highest BCUT2D eigenvalue weighted by Crippen LogP contribution is 2.39. The van der Waals surface area contributed by atoms with Gasteiger partial charge in [0.05, 0.1) is 18.7 Å². The van der Waals surface area contributed by atoms with Gasteiger partial charge in [0.2, 0.25) is 0 Å². The number of anilines is 1. The Morgan fingerprint density at radius 3 is 2.67 bits per heavy atom. The first-order valence-electron chi connectivity index (χ1n) is 12.0. The van der Waals surface area contributed by atoms with Crippen molar-refractivity contribution in [3.63, 3.8) is 0 Å². The molecular formula is C27H28N6O2S. The molecule has 5 rings (SSSR count). The second-order valence-corrected chi connectivity index (χ2v) is 9.90. The van der Waals surface area contributed by atoms with E-state index in [4.69, 9.17) is 9.73 Å². The lowest BCUT2D eigenvalue weighted by molar-refractivity contribution is -0.143. The summed E-state index contributed by atoms with van der Waals surface area (Å²) in [5.74, 6) is 1.13. The van der Waals surface area contributed by atoms with Gasteiger partial charge in [-0.15, -0.1) is 21.5 Å². The van der Waals surface area contributed by atoms with Crippen molar-refractivity contribution in [3.05, 3.63) is 87.6 Å². The smallest absolute Gasteiger partial charge is 0.308 e. The van der Waals surface area contributed by atoms with Gasteiger partial charge < -0.3 is 10.1 Å². The van der Waals surface area contributed by atoms with Gasteiger partial charge in [0.25, 0.3) is 0 Å². The molecule has 3 aromatic heterocycles. The first-order valence-corrected chi connectivity index (χ1v) is 12.8. The predicted octanol–water partition coefficient (Wildman–Crippen LogP) is 5.11. The molecule has 1 N–H and O–H groups in total. The fraction of sp³-hybridized carbons (Fsp3) is 0.296. The van der Waals surface area contributed by atoms with E-state index in [0.717, 1.165) is 38.9 Å². The number of ether oxygens (including phenoxy) is 1. The SMILES string of the molecule is CCOC(=O)C[C@@H]1N=C(c2ccc(NCc3cccnc3)cc2)c2c(sc(C)c2C)-n2c(C)nnc21. The van der Waals surface area contributed by atoms with Crippen LogP contribution >= 0.6 is 11.3 Å². The van der Waals surface area contributed by atoms with Crippen molar-refractivity contribution in [3.8, 4) is 5.00 Å². The van der Waals surface area contributed by atoms with Gasteiger partial charge in [0.1, 0.15) is 16.9 Å². The van der Waals surface area contributed by atoms with Crippen LogP contribution in [0.1, 0.15) is 58.2 Å². The van der Waals surface area contributed by atoms with E-state index in [9.17, 15) is 4.79 Å². The average Bonchev–Trinajstić information content (AvgIpc) is 3.36. The molecule has 0 unspecified atom stereocenters. The summed E-state index contributed by atoms with van der Waals surface area (Å²) in [6, 6.07) is 11.7. The molecule has 0 saturated heterocycles. The Kier molecular flexibility index (Phi) is 6.65. The zero-order valence-corrected chi connectivity index (χ0v) is 21.6. The van der Waals surface area contributed by atoms with E-state index in [0.29, 0.717) is 19.0 Å². The Morgan fingerprint density at radius 2 is 1.94 bits per heavy atom. The maximum absolute atomic E-state index is 12.5. The molecule has 36 heavy (non-hydrogen) atoms. The van der Waals surface area contributed by atoms with Gasteiger partial charge in [-0.2, -0.15) is 0 Å². The van der Waals surface area contributed by atoms with Crippen molar-refractivity contribution in [1.29, 1.82) is 0 Å². The number of rotatable bonds is 7. The minimum absolute atomic E-state index is 0.104. The minimum Gasteiger partial charge on any atom is -0.466 e. The van der Waals surface area contributed by atoms with Crippen LogP contribution in [0, 0.1) is 20.8 Å². The second-order valence-electron chi connectivity index (χ2n) is 8.70. The van der Waals surface area contributed by atoms with Crippen LogP contribution < -0.4 is 5.32 Å². The lowest BCUT2D eigenvalue weighted by atomic mass is 9.99. The molecule has 0 radical (unpaired) electrons. The Morgan fingerprint density at radius 1 is 1.14 bits per heavy atom. The number of aromatic nitrogens is 4. The van der Waals surface area contributed by atoms with Gasteiger partial charge in [0, 0.05) is 40.6 Å². The zero-order chi connectivity index (χ0) is 25.2. The quantitative estimate of drug-likeness (QED) is 0.355. The van der Waals surface area contributed by atoms with E-state index < -0.39 is 6.04 Å². The molecule has 0 aliphatic carbocycles. The fourth-order valence-corrected chi connectivity index (χ4v) is 5.57. The molecule has 1 atom stereocenters. The van der Waals surface area contributed by atoms with Crippen molar-refractivity contribution >= 4 is 28.7 Å². The van der Waals surface area contributed by atoms with Crippen molar-refractivity contribution < 1.29 is 9.53 Å². The summed E-state index contributed by atoms with van der Waals surface area (Å²) >= 11 is 1.70. The highest BCUT2D eigenvalue weighted by Gasteiger charge is 2.32. The average molecular weight is 501 g/mol. The first-order chi connectivity index (χ1) is 17.5. The largest absolute Gasteiger partial charge is 0.466 e. The third-order valence-electron chi connectivity index (χ3n) is 6.28. The number of fused-ring (bicyclic) bond motifs is 3. The van der Waals surface area contributed by atoms with Gasteiger partial charge in [-0.05, 0) is 57.0 Å². The van der Waals surface area contributed by atoms with Crippen molar-refractivity contribution in [1.82, 2.24) is 19.7 Å². The lowest BCUT2D eigenvalue weighted by Gasteiger charge is -2.13. The lowest BCUT2D eigenvalue weighted by Crippen LogP contribution is -2.13. The van der Waals surface area contributed by atoms with E-state index in [2.05, 4.69) is 58.6 Å². The molecule has 8 nitrogen and oxygen atoms in total. The van der Waals surface area contributed by atoms with E-state index in [1.54, 1.807) is 24.5 Å². The van der Waals surface area contributed by atoms with Crippen LogP contribution in [-0.4, -0.2) is 38.0 Å². The summed E-state index contributed by atoms with van der Waals surface area (Å²) in [5, 5.41) is 13.2. The number of thiophene rings is 1. The van der Waals surface area contributed by atoms with Crippen molar-refractivity contribution in [2.45, 2.75) is 46.7 Å². The van der Waals surface area contributed by atoms with E-state index in [1.165, 1.54) is 10.4 Å². The molecule has 0 bridgehead atoms. The minimum atomic E-state index is -0.497. The highest BCUT2D eigenvalue weighted by atomic mass is 32.1. The molecule has 4 aromatic rings. The maximum atomic E-state index is 12.5. The molecule has 1 aliphatic rings. The number of pyridine rings is 1. The molecule has 1 aliphatic heterocycles. The van der Waals surface area contributed by atoms with Crippen LogP contribution in [0.4, 0.5) is 5.69 Å². The Hall–Kier alpha value is -3.85. The topological polar surface area (TPSA) is 94.3 Å². The number of aliphatic imine (C=N–C) groups is 1. The monoisotopic (exact) mass is 500 g/mol. The number of hydrogen-bond acceptors (Lipinski definition) is 8. The van der Waals surface area contributed by atoms with E-state index in [1.807, 2.05) is 29.8 Å². The Labute approximate surface area is 214 Å². The molecule has 1 aromatic carbocycles. The number of aryl methyl sites for hydroxylation is 2. The van der Waals surface area contributed by atoms with Crippen LogP contribution in [0.15, 0.2) is 53.8 Å². The number of nitrogens with zero attached hydrogens (tertiary/aromatic N) is 5. The van der Waals surface area contributed by atoms with E-state index in [-0.39, 0.29) is 12.4 Å². The number of carbonyl (C=O) groups excluding carboxylic acids is 1. The summed E-state index contributed by atoms with van der Waals surface area (Å²) in [7, 11) is 0. The van der Waals surface area contributed by atoms with Crippen molar-refractivity contribution in [2.75, 3.05) is 11.9 Å². The number of nitrogens with one attached hydrogen (secondary N) is 1. The highest BCUT2D eigenvalue weighted by molar-refractivity contribution is 7.15. The van der Waals surface area contributed by atoms with Crippen LogP contribution in [-0.2, 0) is 16.1 Å². The molecule has 0 saturated carbocycles. The molecule has 0 amide bonds. The van der Waals surface area contributed by atoms with Gasteiger partial charge in [-0.1, -0.05) is 18.2 Å². The van der Waals surface area contributed by atoms with E-state index >= 15 is 0 Å². The maximum Gasteiger partial charge on any atom is 0.308 e. The normalized spacial score (nSPS) is 14.4. The van der Waals surface area contributed by atoms with Gasteiger partial charge >= 0.3 is 5.97 Å². The predicted molar refractivity (Wildman–Crippen MR) is 141 cm³/mol. The van der Waals surface area contributed by atoms with Crippen LogP contribution in [0.5, 0.6) is 0 Å². The summed E-state index contributed by atoms with van der Waals surface area (Å²) in [5.41, 5.74) is 6.18. The fourth-order valence-electron chi connectivity index (χ4n) is 4.36. The van der Waals surface area contributed by atoms with Crippen LogP contribution in [0.25, 0.3) is 5.00 Å². The van der Waals surface area contributed by atoms with Crippen LogP contribution in [0.3, 0.4) is 0 Å². The third kappa shape index (κ3) is 4.54. The number of esters is 1. The summed E-state index contributed by atoms with van der Waals surface area (Å²) in [4.78, 5) is 23.0. The van der Waals surface area contributed by atoms with Crippen molar-refractivity contribution in [2.24, 2.45) is 4.99 Å². The summed E-state index contributed by atoms with van der Waals surface area (Å²) in [6.07, 6.45) is 3.73. The zero-order valence-electron chi connectivity index (χ0n) is 20.8. The molecule has 4 heterocycles. The Bertz CT molecular complexity index is 1420. The molecule has 0 spiro atoms. The van der Waals surface area contributed by atoms with Gasteiger partial charge in [-0.3, -0.25) is 19.3 Å². The molecule has 9 heteroatoms. The number of hydrogen-bond donors (Lipinski definition) is 1. The standard InChI is InChI=1S/C27H28N6O2S/c1-5-35-23(34)13-22-26-32-31-18(4)33(26)27-24(16(2)17(3)36-27)25(30-22)20-8-10-21(11-9-20)29-15-19-7-6-12-28-14-19/h6-12,14,22,29H,5,13,15H2,1-4H3/t22-/m0/s1. The first kappa shape index (κ1) is 23.9. The molecular weight excluding hydrogens is 472 g/mol. The van der Waals surface area contributed by atoms with Crippen LogP contribution in [0.2, 0.25) is 0 Å². The molecule has 0 fully saturated rings. The summed E-state index contributed by atoms with van der Waals surface area (Å²) in [6.45, 7) is 8.99. The number of carbonyl (C=O) groups is 1. The second kappa shape index (κ2) is 10.0. The third-order valence-corrected chi connectivity index (χ3v) is 7.48. The van der Waals surface area contributed by atoms with Gasteiger partial charge in [0.15, 0.2) is 5.82 Å².